The van der Waals surface area contributed by atoms with Crippen molar-refractivity contribution in [2.45, 2.75) is 0 Å². The van der Waals surface area contributed by atoms with Crippen LogP contribution < -0.4 is 5.32 Å². The first-order chi connectivity index (χ1) is 8.47. The van der Waals surface area contributed by atoms with Crippen molar-refractivity contribution >= 4 is 57.7 Å². The van der Waals surface area contributed by atoms with E-state index in [2.05, 4.69) is 5.32 Å². The van der Waals surface area contributed by atoms with E-state index in [1.165, 1.54) is 12.1 Å². The SMILES string of the molecule is O=C(Nc1cc(Cl)cc(Cl)c1O)c1ccc(Cl)s1. The van der Waals surface area contributed by atoms with Gasteiger partial charge in [0, 0.05) is 5.02 Å². The maximum absolute atomic E-state index is 11.8. The highest BCUT2D eigenvalue weighted by Crippen LogP contribution is 2.35. The van der Waals surface area contributed by atoms with Gasteiger partial charge in [0.2, 0.25) is 0 Å². The number of halogens is 3. The van der Waals surface area contributed by atoms with E-state index in [9.17, 15) is 9.90 Å². The van der Waals surface area contributed by atoms with E-state index >= 15 is 0 Å². The first-order valence-electron chi connectivity index (χ1n) is 4.72. The highest BCUT2D eigenvalue weighted by molar-refractivity contribution is 7.18. The molecule has 0 aliphatic heterocycles. The quantitative estimate of drug-likeness (QED) is 0.790. The fourth-order valence-electron chi connectivity index (χ4n) is 1.28. The Balaban J connectivity index is 2.27. The number of hydrogen-bond donors (Lipinski definition) is 2. The van der Waals surface area contributed by atoms with E-state index in [-0.39, 0.29) is 22.4 Å². The van der Waals surface area contributed by atoms with Gasteiger partial charge in [-0.05, 0) is 24.3 Å². The average molecular weight is 323 g/mol. The Morgan fingerprint density at radius 3 is 2.56 bits per heavy atom. The summed E-state index contributed by atoms with van der Waals surface area (Å²) in [5, 5.41) is 12.6. The summed E-state index contributed by atoms with van der Waals surface area (Å²) < 4.78 is 0.508. The molecule has 1 aromatic heterocycles. The molecule has 0 spiro atoms. The van der Waals surface area contributed by atoms with E-state index in [4.69, 9.17) is 34.8 Å². The normalized spacial score (nSPS) is 10.4. The highest BCUT2D eigenvalue weighted by atomic mass is 35.5. The standard InChI is InChI=1S/C11H6Cl3NO2S/c12-5-3-6(13)10(16)7(4-5)15-11(17)8-1-2-9(14)18-8/h1-4,16H,(H,15,17). The van der Waals surface area contributed by atoms with Gasteiger partial charge in [0.15, 0.2) is 5.75 Å². The summed E-state index contributed by atoms with van der Waals surface area (Å²) >= 11 is 18.4. The lowest BCUT2D eigenvalue weighted by molar-refractivity contribution is 0.103. The van der Waals surface area contributed by atoms with Crippen LogP contribution in [0.25, 0.3) is 0 Å². The van der Waals surface area contributed by atoms with Crippen molar-refractivity contribution in [2.75, 3.05) is 5.32 Å². The number of phenolic OH excluding ortho intramolecular Hbond substituents is 1. The van der Waals surface area contributed by atoms with Crippen molar-refractivity contribution in [3.05, 3.63) is 43.5 Å². The fraction of sp³-hybridized carbons (Fsp3) is 0. The number of anilines is 1. The van der Waals surface area contributed by atoms with Crippen molar-refractivity contribution in [1.29, 1.82) is 0 Å². The number of amides is 1. The molecule has 2 aromatic rings. The van der Waals surface area contributed by atoms with Crippen LogP contribution in [-0.4, -0.2) is 11.0 Å². The van der Waals surface area contributed by atoms with Crippen molar-refractivity contribution in [3.8, 4) is 5.75 Å². The van der Waals surface area contributed by atoms with Gasteiger partial charge >= 0.3 is 0 Å². The van der Waals surface area contributed by atoms with Crippen LogP contribution in [0, 0.1) is 0 Å². The summed E-state index contributed by atoms with van der Waals surface area (Å²) in [6.45, 7) is 0. The number of rotatable bonds is 2. The van der Waals surface area contributed by atoms with Crippen LogP contribution >= 0.6 is 46.1 Å². The molecule has 0 saturated carbocycles. The number of carbonyl (C=O) groups is 1. The maximum Gasteiger partial charge on any atom is 0.265 e. The zero-order chi connectivity index (χ0) is 13.3. The van der Waals surface area contributed by atoms with E-state index in [1.807, 2.05) is 0 Å². The molecule has 0 fully saturated rings. The van der Waals surface area contributed by atoms with Crippen LogP contribution in [0.4, 0.5) is 5.69 Å². The molecule has 94 valence electrons. The second-order valence-corrected chi connectivity index (χ2v) is 5.90. The smallest absolute Gasteiger partial charge is 0.265 e. The predicted molar refractivity (Wildman–Crippen MR) is 75.4 cm³/mol. The van der Waals surface area contributed by atoms with Crippen LogP contribution in [0.1, 0.15) is 9.67 Å². The number of nitrogens with one attached hydrogen (secondary N) is 1. The minimum absolute atomic E-state index is 0.0713. The van der Waals surface area contributed by atoms with Gasteiger partial charge < -0.3 is 10.4 Å². The lowest BCUT2D eigenvalue weighted by Crippen LogP contribution is -2.10. The number of aromatic hydroxyl groups is 1. The van der Waals surface area contributed by atoms with Gasteiger partial charge in [-0.1, -0.05) is 34.8 Å². The monoisotopic (exact) mass is 321 g/mol. The molecule has 1 aromatic carbocycles. The van der Waals surface area contributed by atoms with Crippen molar-refractivity contribution in [2.24, 2.45) is 0 Å². The number of phenols is 1. The molecule has 0 saturated heterocycles. The second kappa shape index (κ2) is 5.36. The molecular formula is C11H6Cl3NO2S. The Labute approximate surface area is 122 Å². The predicted octanol–water partition coefficient (Wildman–Crippen LogP) is 4.67. The summed E-state index contributed by atoms with van der Waals surface area (Å²) in [7, 11) is 0. The lowest BCUT2D eigenvalue weighted by Gasteiger charge is -2.08. The molecule has 2 rings (SSSR count). The Hall–Kier alpha value is -0.940. The molecule has 3 nitrogen and oxygen atoms in total. The fourth-order valence-corrected chi connectivity index (χ4v) is 2.71. The molecule has 0 radical (unpaired) electrons. The summed E-state index contributed by atoms with van der Waals surface area (Å²) in [6.07, 6.45) is 0. The van der Waals surface area contributed by atoms with Crippen LogP contribution in [0.15, 0.2) is 24.3 Å². The molecular weight excluding hydrogens is 317 g/mol. The molecule has 18 heavy (non-hydrogen) atoms. The molecule has 2 N–H and O–H groups in total. The van der Waals surface area contributed by atoms with E-state index in [1.54, 1.807) is 12.1 Å². The first-order valence-corrected chi connectivity index (χ1v) is 6.67. The van der Waals surface area contributed by atoms with Crippen LogP contribution in [0.2, 0.25) is 14.4 Å². The van der Waals surface area contributed by atoms with Crippen molar-refractivity contribution in [3.63, 3.8) is 0 Å². The van der Waals surface area contributed by atoms with Crippen LogP contribution in [-0.2, 0) is 0 Å². The average Bonchev–Trinajstić information content (AvgIpc) is 2.72. The lowest BCUT2D eigenvalue weighted by atomic mass is 10.3. The molecule has 0 aliphatic carbocycles. The highest BCUT2D eigenvalue weighted by Gasteiger charge is 2.13. The summed E-state index contributed by atoms with van der Waals surface area (Å²) in [6, 6.07) is 6.00. The summed E-state index contributed by atoms with van der Waals surface area (Å²) in [5.41, 5.74) is 0.155. The minimum atomic E-state index is -0.388. The van der Waals surface area contributed by atoms with Gasteiger partial charge in [0.1, 0.15) is 0 Å². The van der Waals surface area contributed by atoms with Crippen LogP contribution in [0.3, 0.4) is 0 Å². The Bertz CT molecular complexity index is 612. The van der Waals surface area contributed by atoms with Gasteiger partial charge in [-0.3, -0.25) is 4.79 Å². The first kappa shape index (κ1) is 13.5. The number of thiophene rings is 1. The molecule has 1 heterocycles. The van der Waals surface area contributed by atoms with Gasteiger partial charge in [-0.2, -0.15) is 0 Å². The third kappa shape index (κ3) is 2.90. The van der Waals surface area contributed by atoms with Gasteiger partial charge in [0.25, 0.3) is 5.91 Å². The largest absolute Gasteiger partial charge is 0.504 e. The second-order valence-electron chi connectivity index (χ2n) is 3.34. The zero-order valence-corrected chi connectivity index (χ0v) is 11.8. The van der Waals surface area contributed by atoms with Crippen molar-refractivity contribution in [1.82, 2.24) is 0 Å². The zero-order valence-electron chi connectivity index (χ0n) is 8.71. The molecule has 0 aliphatic rings. The molecule has 1 amide bonds. The van der Waals surface area contributed by atoms with E-state index in [0.717, 1.165) is 11.3 Å². The number of hydrogen-bond acceptors (Lipinski definition) is 3. The summed E-state index contributed by atoms with van der Waals surface area (Å²) in [4.78, 5) is 12.3. The molecule has 7 heteroatoms. The maximum atomic E-state index is 11.8. The van der Waals surface area contributed by atoms with Gasteiger partial charge in [-0.25, -0.2) is 0 Å². The van der Waals surface area contributed by atoms with Gasteiger partial charge in [0.05, 0.1) is 19.9 Å². The molecule has 0 unspecified atom stereocenters. The Morgan fingerprint density at radius 2 is 1.94 bits per heavy atom. The van der Waals surface area contributed by atoms with Crippen LogP contribution in [0.5, 0.6) is 5.75 Å². The topological polar surface area (TPSA) is 49.3 Å². The molecule has 0 atom stereocenters. The number of carbonyl (C=O) groups excluding carboxylic acids is 1. The molecule has 0 bridgehead atoms. The van der Waals surface area contributed by atoms with Gasteiger partial charge in [-0.15, -0.1) is 11.3 Å². The Morgan fingerprint density at radius 1 is 1.22 bits per heavy atom. The van der Waals surface area contributed by atoms with E-state index in [0.29, 0.717) is 14.2 Å². The van der Waals surface area contributed by atoms with Crippen molar-refractivity contribution < 1.29 is 9.90 Å². The Kier molecular flexibility index (Phi) is 4.02. The number of benzene rings is 1. The van der Waals surface area contributed by atoms with E-state index < -0.39 is 0 Å². The minimum Gasteiger partial charge on any atom is -0.504 e. The third-order valence-corrected chi connectivity index (χ3v) is 3.81. The third-order valence-electron chi connectivity index (χ3n) is 2.07. The summed E-state index contributed by atoms with van der Waals surface area (Å²) in [5.74, 6) is -0.613.